The van der Waals surface area contributed by atoms with Gasteiger partial charge in [0.25, 0.3) is 5.91 Å². The van der Waals surface area contributed by atoms with Crippen molar-refractivity contribution in [3.8, 4) is 11.3 Å². The Hall–Kier alpha value is -3.71. The van der Waals surface area contributed by atoms with Crippen LogP contribution < -0.4 is 10.2 Å². The first-order valence-electron chi connectivity index (χ1n) is 12.9. The van der Waals surface area contributed by atoms with Crippen LogP contribution in [0.4, 0.5) is 5.69 Å². The molecule has 1 amide bonds. The van der Waals surface area contributed by atoms with Crippen LogP contribution in [0.5, 0.6) is 0 Å². The van der Waals surface area contributed by atoms with Crippen molar-refractivity contribution in [1.82, 2.24) is 20.5 Å². The van der Waals surface area contributed by atoms with Crippen molar-refractivity contribution in [2.24, 2.45) is 5.92 Å². The number of nitrogens with one attached hydrogen (secondary N) is 2. The molecule has 2 bridgehead atoms. The summed E-state index contributed by atoms with van der Waals surface area (Å²) in [7, 11) is 0. The van der Waals surface area contributed by atoms with Crippen molar-refractivity contribution in [3.05, 3.63) is 78.1 Å². The molecule has 2 aliphatic heterocycles. The van der Waals surface area contributed by atoms with Crippen molar-refractivity contribution < 1.29 is 9.53 Å². The van der Waals surface area contributed by atoms with Crippen LogP contribution in [-0.2, 0) is 4.74 Å². The molecule has 3 atom stereocenters. The molecule has 2 aromatic carbocycles. The second-order valence-electron chi connectivity index (χ2n) is 10.3. The van der Waals surface area contributed by atoms with Crippen LogP contribution in [0.2, 0.25) is 0 Å². The molecule has 1 aliphatic carbocycles. The predicted octanol–water partition coefficient (Wildman–Crippen LogP) is 4.87. The number of morpholine rings is 1. The fourth-order valence-corrected chi connectivity index (χ4v) is 5.86. The number of aromatic nitrogens is 3. The number of pyridine rings is 1. The fraction of sp³-hybridized carbons (Fsp3) is 0.345. The van der Waals surface area contributed by atoms with Crippen LogP contribution in [0.3, 0.4) is 0 Å². The first-order chi connectivity index (χ1) is 17.7. The molecule has 0 radical (unpaired) electrons. The molecule has 2 saturated heterocycles. The van der Waals surface area contributed by atoms with Gasteiger partial charge in [-0.1, -0.05) is 18.2 Å². The van der Waals surface area contributed by atoms with E-state index in [9.17, 15) is 4.79 Å². The third kappa shape index (κ3) is 3.84. The van der Waals surface area contributed by atoms with Gasteiger partial charge in [0.1, 0.15) is 0 Å². The smallest absolute Gasteiger partial charge is 0.251 e. The number of hydrogen-bond acceptors (Lipinski definition) is 5. The minimum atomic E-state index is -0.0789. The average molecular weight is 480 g/mol. The molecule has 2 aromatic heterocycles. The number of nitrogens with zero attached hydrogens (tertiary/aromatic N) is 3. The van der Waals surface area contributed by atoms with Crippen LogP contribution in [0, 0.1) is 5.92 Å². The Bertz CT molecular complexity index is 1380. The molecule has 1 unspecified atom stereocenters. The topological polar surface area (TPSA) is 83.1 Å². The van der Waals surface area contributed by atoms with Gasteiger partial charge in [-0.2, -0.15) is 5.10 Å². The van der Waals surface area contributed by atoms with Gasteiger partial charge < -0.3 is 15.0 Å². The SMILES string of the molecule is O=C(NC(c1ccccn1)C1CC1)c1ccc2[nH]nc(-c3ccc(N4[C@@H]5CC[C@H]4COC5)cc3)c2c1. The summed E-state index contributed by atoms with van der Waals surface area (Å²) in [5, 5.41) is 11.9. The minimum absolute atomic E-state index is 0.0544. The lowest BCUT2D eigenvalue weighted by Crippen LogP contribution is -2.45. The quantitative estimate of drug-likeness (QED) is 0.412. The number of fused-ring (bicyclic) bond motifs is 3. The van der Waals surface area contributed by atoms with E-state index >= 15 is 0 Å². The highest BCUT2D eigenvalue weighted by Gasteiger charge is 2.37. The molecule has 36 heavy (non-hydrogen) atoms. The molecule has 7 rings (SSSR count). The maximum absolute atomic E-state index is 13.3. The van der Waals surface area contributed by atoms with Gasteiger partial charge in [-0.15, -0.1) is 0 Å². The summed E-state index contributed by atoms with van der Waals surface area (Å²) in [6, 6.07) is 21.2. The van der Waals surface area contributed by atoms with Crippen LogP contribution in [0.15, 0.2) is 66.9 Å². The molecule has 4 heterocycles. The van der Waals surface area contributed by atoms with Gasteiger partial charge >= 0.3 is 0 Å². The van der Waals surface area contributed by atoms with Crippen molar-refractivity contribution in [2.45, 2.75) is 43.8 Å². The highest BCUT2D eigenvalue weighted by Crippen LogP contribution is 2.40. The van der Waals surface area contributed by atoms with Crippen LogP contribution >= 0.6 is 0 Å². The zero-order valence-electron chi connectivity index (χ0n) is 20.1. The lowest BCUT2D eigenvalue weighted by Gasteiger charge is -2.36. The summed E-state index contributed by atoms with van der Waals surface area (Å²) >= 11 is 0. The second-order valence-corrected chi connectivity index (χ2v) is 10.3. The summed E-state index contributed by atoms with van der Waals surface area (Å²) in [4.78, 5) is 20.3. The number of rotatable bonds is 6. The lowest BCUT2D eigenvalue weighted by molar-refractivity contribution is 0.0906. The second kappa shape index (κ2) is 8.75. The number of hydrogen-bond donors (Lipinski definition) is 2. The average Bonchev–Trinajstić information content (AvgIpc) is 3.63. The highest BCUT2D eigenvalue weighted by molar-refractivity contribution is 6.01. The van der Waals surface area contributed by atoms with Gasteiger partial charge in [0.2, 0.25) is 0 Å². The molecule has 0 spiro atoms. The van der Waals surface area contributed by atoms with Crippen molar-refractivity contribution in [2.75, 3.05) is 18.1 Å². The monoisotopic (exact) mass is 479 g/mol. The van der Waals surface area contributed by atoms with E-state index in [1.165, 1.54) is 18.5 Å². The number of ether oxygens (including phenoxy) is 1. The summed E-state index contributed by atoms with van der Waals surface area (Å²) in [6.07, 6.45) is 6.42. The zero-order chi connectivity index (χ0) is 24.1. The fourth-order valence-electron chi connectivity index (χ4n) is 5.86. The van der Waals surface area contributed by atoms with E-state index in [4.69, 9.17) is 4.74 Å². The molecule has 7 heteroatoms. The summed E-state index contributed by atoms with van der Waals surface area (Å²) in [6.45, 7) is 1.63. The van der Waals surface area contributed by atoms with Crippen molar-refractivity contribution >= 4 is 22.5 Å². The Kier molecular flexibility index (Phi) is 5.24. The van der Waals surface area contributed by atoms with Gasteiger partial charge in [0, 0.05) is 28.4 Å². The van der Waals surface area contributed by atoms with Crippen molar-refractivity contribution in [3.63, 3.8) is 0 Å². The molecule has 3 fully saturated rings. The van der Waals surface area contributed by atoms with Gasteiger partial charge in [-0.05, 0) is 74.1 Å². The Balaban J connectivity index is 1.15. The molecule has 7 nitrogen and oxygen atoms in total. The van der Waals surface area contributed by atoms with Crippen LogP contribution in [-0.4, -0.2) is 46.4 Å². The van der Waals surface area contributed by atoms with E-state index in [0.717, 1.165) is 53.9 Å². The number of aromatic amines is 1. The molecule has 3 aliphatic rings. The number of anilines is 1. The summed E-state index contributed by atoms with van der Waals surface area (Å²) < 4.78 is 5.74. The first kappa shape index (κ1) is 21.6. The van der Waals surface area contributed by atoms with E-state index < -0.39 is 0 Å². The van der Waals surface area contributed by atoms with E-state index in [1.54, 1.807) is 6.20 Å². The predicted molar refractivity (Wildman–Crippen MR) is 139 cm³/mol. The lowest BCUT2D eigenvalue weighted by atomic mass is 10.0. The largest absolute Gasteiger partial charge is 0.377 e. The number of carbonyl (C=O) groups excluding carboxylic acids is 1. The Labute approximate surface area is 209 Å². The summed E-state index contributed by atoms with van der Waals surface area (Å²) in [5.41, 5.74) is 5.61. The normalized spacial score (nSPS) is 22.1. The minimum Gasteiger partial charge on any atom is -0.377 e. The highest BCUT2D eigenvalue weighted by atomic mass is 16.5. The molecule has 182 valence electrons. The maximum atomic E-state index is 13.3. The zero-order valence-corrected chi connectivity index (χ0v) is 20.1. The van der Waals surface area contributed by atoms with Gasteiger partial charge in [-0.25, -0.2) is 0 Å². The molecule has 4 aromatic rings. The molecular formula is C29H29N5O2. The third-order valence-electron chi connectivity index (χ3n) is 7.89. The van der Waals surface area contributed by atoms with Crippen molar-refractivity contribution in [1.29, 1.82) is 0 Å². The van der Waals surface area contributed by atoms with Gasteiger partial charge in [0.05, 0.1) is 48.2 Å². The molecule has 2 N–H and O–H groups in total. The van der Waals surface area contributed by atoms with Crippen LogP contribution in [0.25, 0.3) is 22.2 Å². The Morgan fingerprint density at radius 2 is 1.81 bits per heavy atom. The Morgan fingerprint density at radius 3 is 2.53 bits per heavy atom. The maximum Gasteiger partial charge on any atom is 0.251 e. The van der Waals surface area contributed by atoms with E-state index in [-0.39, 0.29) is 11.9 Å². The number of carbonyl (C=O) groups is 1. The van der Waals surface area contributed by atoms with E-state index in [2.05, 4.69) is 49.7 Å². The van der Waals surface area contributed by atoms with Crippen LogP contribution in [0.1, 0.15) is 47.8 Å². The number of benzene rings is 2. The molecular weight excluding hydrogens is 450 g/mol. The van der Waals surface area contributed by atoms with Gasteiger partial charge in [0.15, 0.2) is 0 Å². The summed E-state index contributed by atoms with van der Waals surface area (Å²) in [5.74, 6) is 0.377. The third-order valence-corrected chi connectivity index (χ3v) is 7.89. The molecule has 1 saturated carbocycles. The van der Waals surface area contributed by atoms with Gasteiger partial charge in [-0.3, -0.25) is 14.9 Å². The standard InChI is InChI=1S/C29H29N5O2/c35-29(31-28(19-4-5-19)26-3-1-2-14-30-26)20-8-13-25-24(15-20)27(33-32-25)18-6-9-21(10-7-18)34-22-11-12-23(34)17-36-16-22/h1-3,6-10,13-15,19,22-23,28H,4-5,11-12,16-17H2,(H,31,35)(H,32,33)/t22-,23+,28?. The van der Waals surface area contributed by atoms with E-state index in [1.807, 2.05) is 36.4 Å². The number of amides is 1. The first-order valence-corrected chi connectivity index (χ1v) is 12.9. The van der Waals surface area contributed by atoms with E-state index in [0.29, 0.717) is 23.6 Å². The Morgan fingerprint density at radius 1 is 1.00 bits per heavy atom. The number of H-pyrrole nitrogens is 1.